The van der Waals surface area contributed by atoms with Gasteiger partial charge in [-0.3, -0.25) is 9.59 Å². The Labute approximate surface area is 111 Å². The van der Waals surface area contributed by atoms with Crippen LogP contribution in [-0.4, -0.2) is 26.0 Å². The molecule has 4 nitrogen and oxygen atoms in total. The molecule has 1 atom stereocenters. The molecular weight excluding hydrogens is 251 g/mol. The second kappa shape index (κ2) is 6.31. The number of carbonyl (C=O) groups is 2. The Morgan fingerprint density at radius 2 is 1.84 bits per heavy atom. The fourth-order valence-electron chi connectivity index (χ4n) is 1.85. The van der Waals surface area contributed by atoms with Crippen LogP contribution in [0.1, 0.15) is 24.2 Å². The molecule has 1 aromatic carbocycles. The molecule has 1 rings (SSSR count). The van der Waals surface area contributed by atoms with Crippen molar-refractivity contribution in [2.75, 3.05) is 14.2 Å². The van der Waals surface area contributed by atoms with Crippen LogP contribution in [0.3, 0.4) is 0 Å². The van der Waals surface area contributed by atoms with E-state index >= 15 is 0 Å². The van der Waals surface area contributed by atoms with Crippen molar-refractivity contribution >= 4 is 11.8 Å². The van der Waals surface area contributed by atoms with Gasteiger partial charge in [0.05, 0.1) is 19.8 Å². The summed E-state index contributed by atoms with van der Waals surface area (Å²) in [4.78, 5) is 24.0. The van der Waals surface area contributed by atoms with Crippen molar-refractivity contribution in [1.29, 1.82) is 0 Å². The van der Waals surface area contributed by atoms with Gasteiger partial charge in [0, 0.05) is 0 Å². The van der Waals surface area contributed by atoms with Gasteiger partial charge < -0.3 is 9.47 Å². The van der Waals surface area contributed by atoms with Crippen LogP contribution < -0.4 is 4.74 Å². The standard InChI is InChI=1S/C14H17FO4/c1-8(2)12(14(17)19-4)13(16)10-7-9(15)5-6-11(10)18-3/h5-8,12H,1-4H3. The molecular formula is C14H17FO4. The van der Waals surface area contributed by atoms with Crippen LogP contribution in [0.4, 0.5) is 4.39 Å². The number of ether oxygens (including phenoxy) is 2. The lowest BCUT2D eigenvalue weighted by Crippen LogP contribution is -2.30. The Hall–Kier alpha value is -1.91. The molecule has 0 saturated carbocycles. The summed E-state index contributed by atoms with van der Waals surface area (Å²) in [7, 11) is 2.60. The molecule has 19 heavy (non-hydrogen) atoms. The average molecular weight is 268 g/mol. The number of esters is 1. The summed E-state index contributed by atoms with van der Waals surface area (Å²) in [6.07, 6.45) is 0. The Morgan fingerprint density at radius 1 is 1.21 bits per heavy atom. The monoisotopic (exact) mass is 268 g/mol. The van der Waals surface area contributed by atoms with Gasteiger partial charge in [0.15, 0.2) is 5.78 Å². The highest BCUT2D eigenvalue weighted by molar-refractivity contribution is 6.10. The molecule has 0 aliphatic rings. The van der Waals surface area contributed by atoms with Gasteiger partial charge in [0.1, 0.15) is 17.5 Å². The van der Waals surface area contributed by atoms with Crippen LogP contribution in [-0.2, 0) is 9.53 Å². The third-order valence-electron chi connectivity index (χ3n) is 2.83. The molecule has 104 valence electrons. The highest BCUT2D eigenvalue weighted by atomic mass is 19.1. The van der Waals surface area contributed by atoms with Crippen LogP contribution >= 0.6 is 0 Å². The number of hydrogen-bond donors (Lipinski definition) is 0. The Morgan fingerprint density at radius 3 is 2.32 bits per heavy atom. The highest BCUT2D eigenvalue weighted by Crippen LogP contribution is 2.26. The van der Waals surface area contributed by atoms with Crippen molar-refractivity contribution in [3.05, 3.63) is 29.6 Å². The van der Waals surface area contributed by atoms with Gasteiger partial charge in [0.25, 0.3) is 0 Å². The summed E-state index contributed by atoms with van der Waals surface area (Å²) in [6, 6.07) is 3.62. The zero-order valence-corrected chi connectivity index (χ0v) is 11.4. The molecule has 0 fully saturated rings. The first kappa shape index (κ1) is 15.1. The number of Topliss-reactive ketones (excluding diaryl/α,β-unsaturated/α-hetero) is 1. The predicted octanol–water partition coefficient (Wildman–Crippen LogP) is 2.46. The maximum Gasteiger partial charge on any atom is 0.316 e. The SMILES string of the molecule is COC(=O)C(C(=O)c1cc(F)ccc1OC)C(C)C. The zero-order valence-electron chi connectivity index (χ0n) is 11.4. The minimum Gasteiger partial charge on any atom is -0.496 e. The molecule has 0 spiro atoms. The number of ketones is 1. The van der Waals surface area contributed by atoms with E-state index in [1.54, 1.807) is 13.8 Å². The summed E-state index contributed by atoms with van der Waals surface area (Å²) >= 11 is 0. The van der Waals surface area contributed by atoms with Gasteiger partial charge in [-0.05, 0) is 24.1 Å². The van der Waals surface area contributed by atoms with E-state index in [0.717, 1.165) is 6.07 Å². The smallest absolute Gasteiger partial charge is 0.316 e. The number of hydrogen-bond acceptors (Lipinski definition) is 4. The fraction of sp³-hybridized carbons (Fsp3) is 0.429. The summed E-state index contributed by atoms with van der Waals surface area (Å²) in [6.45, 7) is 3.45. The first-order valence-corrected chi connectivity index (χ1v) is 5.88. The molecule has 0 aromatic heterocycles. The van der Waals surface area contributed by atoms with Crippen molar-refractivity contribution in [3.63, 3.8) is 0 Å². The maximum atomic E-state index is 13.3. The fourth-order valence-corrected chi connectivity index (χ4v) is 1.85. The first-order valence-electron chi connectivity index (χ1n) is 5.88. The lowest BCUT2D eigenvalue weighted by Gasteiger charge is -2.18. The predicted molar refractivity (Wildman–Crippen MR) is 67.6 cm³/mol. The third-order valence-corrected chi connectivity index (χ3v) is 2.83. The molecule has 0 aliphatic heterocycles. The minimum absolute atomic E-state index is 0.0478. The molecule has 1 aromatic rings. The van der Waals surface area contributed by atoms with Gasteiger partial charge in [-0.25, -0.2) is 4.39 Å². The summed E-state index contributed by atoms with van der Waals surface area (Å²) in [5.74, 6) is -2.68. The molecule has 5 heteroatoms. The number of rotatable bonds is 5. The average Bonchev–Trinajstić information content (AvgIpc) is 2.38. The maximum absolute atomic E-state index is 13.3. The van der Waals surface area contributed by atoms with E-state index in [9.17, 15) is 14.0 Å². The van der Waals surface area contributed by atoms with Gasteiger partial charge >= 0.3 is 5.97 Å². The van der Waals surface area contributed by atoms with Crippen LogP contribution in [0.2, 0.25) is 0 Å². The van der Waals surface area contributed by atoms with Crippen molar-refractivity contribution in [3.8, 4) is 5.75 Å². The van der Waals surface area contributed by atoms with E-state index in [-0.39, 0.29) is 17.2 Å². The molecule has 0 saturated heterocycles. The number of carbonyl (C=O) groups excluding carboxylic acids is 2. The van der Waals surface area contributed by atoms with Crippen LogP contribution in [0.5, 0.6) is 5.75 Å². The molecule has 1 unspecified atom stereocenters. The Balaban J connectivity index is 3.23. The molecule has 0 heterocycles. The number of benzene rings is 1. The topological polar surface area (TPSA) is 52.6 Å². The van der Waals surface area contributed by atoms with Gasteiger partial charge in [-0.2, -0.15) is 0 Å². The van der Waals surface area contributed by atoms with Gasteiger partial charge in [0.2, 0.25) is 0 Å². The number of methoxy groups -OCH3 is 2. The molecule has 0 N–H and O–H groups in total. The zero-order chi connectivity index (χ0) is 14.6. The van der Waals surface area contributed by atoms with Crippen molar-refractivity contribution in [2.24, 2.45) is 11.8 Å². The van der Waals surface area contributed by atoms with E-state index in [4.69, 9.17) is 4.74 Å². The lowest BCUT2D eigenvalue weighted by atomic mass is 9.87. The Kier molecular flexibility index (Phi) is 5.03. The summed E-state index contributed by atoms with van der Waals surface area (Å²) in [5, 5.41) is 0. The van der Waals surface area contributed by atoms with Crippen LogP contribution in [0, 0.1) is 17.7 Å². The van der Waals surface area contributed by atoms with Gasteiger partial charge in [-0.15, -0.1) is 0 Å². The minimum atomic E-state index is -0.972. The third kappa shape index (κ3) is 3.30. The van der Waals surface area contributed by atoms with Gasteiger partial charge in [-0.1, -0.05) is 13.8 Å². The van der Waals surface area contributed by atoms with Crippen molar-refractivity contribution in [1.82, 2.24) is 0 Å². The van der Waals surface area contributed by atoms with E-state index in [1.165, 1.54) is 26.4 Å². The molecule has 0 bridgehead atoms. The quantitative estimate of drug-likeness (QED) is 0.467. The van der Waals surface area contributed by atoms with Crippen molar-refractivity contribution < 1.29 is 23.5 Å². The van der Waals surface area contributed by atoms with Crippen molar-refractivity contribution in [2.45, 2.75) is 13.8 Å². The second-order valence-corrected chi connectivity index (χ2v) is 4.45. The Bertz CT molecular complexity index is 482. The normalized spacial score (nSPS) is 12.1. The first-order chi connectivity index (χ1) is 8.92. The largest absolute Gasteiger partial charge is 0.496 e. The van der Waals surface area contributed by atoms with Crippen LogP contribution in [0.25, 0.3) is 0 Å². The summed E-state index contributed by atoms with van der Waals surface area (Å²) < 4.78 is 22.9. The molecule has 0 aliphatic carbocycles. The van der Waals surface area contributed by atoms with E-state index < -0.39 is 23.5 Å². The lowest BCUT2D eigenvalue weighted by molar-refractivity contribution is -0.144. The van der Waals surface area contributed by atoms with E-state index in [0.29, 0.717) is 0 Å². The molecule has 0 amide bonds. The molecule has 0 radical (unpaired) electrons. The highest BCUT2D eigenvalue weighted by Gasteiger charge is 2.33. The van der Waals surface area contributed by atoms with Crippen LogP contribution in [0.15, 0.2) is 18.2 Å². The van der Waals surface area contributed by atoms with E-state index in [1.807, 2.05) is 0 Å². The number of halogens is 1. The second-order valence-electron chi connectivity index (χ2n) is 4.45. The van der Waals surface area contributed by atoms with E-state index in [2.05, 4.69) is 4.74 Å². The summed E-state index contributed by atoms with van der Waals surface area (Å²) in [5.41, 5.74) is 0.0478.